The Morgan fingerprint density at radius 1 is 1.19 bits per heavy atom. The quantitative estimate of drug-likeness (QED) is 0.228. The molecule has 1 unspecified atom stereocenters. The van der Waals surface area contributed by atoms with E-state index in [1.54, 1.807) is 0 Å². The number of aliphatic imine (C=N–C) groups is 1. The Hall–Kier alpha value is -1.03. The van der Waals surface area contributed by atoms with E-state index in [1.807, 2.05) is 32.7 Å². The van der Waals surface area contributed by atoms with E-state index < -0.39 is 5.60 Å². The van der Waals surface area contributed by atoms with Crippen molar-refractivity contribution in [3.8, 4) is 0 Å². The van der Waals surface area contributed by atoms with Crippen LogP contribution in [-0.4, -0.2) is 79.8 Å². The lowest BCUT2D eigenvalue weighted by atomic mass is 9.95. The largest absolute Gasteiger partial charge is 0.444 e. The molecule has 2 rings (SSSR count). The zero-order valence-electron chi connectivity index (χ0n) is 20.2. The minimum atomic E-state index is -0.440. The predicted molar refractivity (Wildman–Crippen MR) is 139 cm³/mol. The van der Waals surface area contributed by atoms with E-state index in [-0.39, 0.29) is 30.1 Å². The zero-order chi connectivity index (χ0) is 22.1. The molecule has 7 nitrogen and oxygen atoms in total. The van der Waals surface area contributed by atoms with Gasteiger partial charge in [-0.15, -0.1) is 24.0 Å². The number of nitrogens with one attached hydrogen (secondary N) is 2. The molecule has 180 valence electrons. The molecule has 0 saturated carbocycles. The van der Waals surface area contributed by atoms with Gasteiger partial charge in [-0.25, -0.2) is 4.79 Å². The van der Waals surface area contributed by atoms with Gasteiger partial charge in [0.2, 0.25) is 0 Å². The highest BCUT2D eigenvalue weighted by atomic mass is 127. The van der Waals surface area contributed by atoms with Crippen molar-refractivity contribution in [2.24, 2.45) is 10.9 Å². The molecule has 2 fully saturated rings. The van der Waals surface area contributed by atoms with Gasteiger partial charge in [0.1, 0.15) is 5.60 Å². The zero-order valence-corrected chi connectivity index (χ0v) is 22.5. The van der Waals surface area contributed by atoms with Gasteiger partial charge in [0.15, 0.2) is 5.96 Å². The predicted octanol–water partition coefficient (Wildman–Crippen LogP) is 3.85. The molecule has 0 aromatic rings. The number of hydrogen-bond donors (Lipinski definition) is 2. The van der Waals surface area contributed by atoms with Gasteiger partial charge in [-0.1, -0.05) is 12.2 Å². The summed E-state index contributed by atoms with van der Waals surface area (Å²) >= 11 is 0. The summed E-state index contributed by atoms with van der Waals surface area (Å²) in [6, 6.07) is 0.468. The van der Waals surface area contributed by atoms with Crippen molar-refractivity contribution in [1.82, 2.24) is 20.4 Å². The van der Waals surface area contributed by atoms with E-state index >= 15 is 0 Å². The van der Waals surface area contributed by atoms with E-state index in [0.717, 1.165) is 77.3 Å². The maximum absolute atomic E-state index is 12.3. The molecule has 2 aliphatic heterocycles. The molecule has 2 aliphatic rings. The van der Waals surface area contributed by atoms with Crippen molar-refractivity contribution in [3.05, 3.63) is 12.2 Å². The van der Waals surface area contributed by atoms with Gasteiger partial charge in [0.25, 0.3) is 0 Å². The molecule has 1 atom stereocenters. The Morgan fingerprint density at radius 3 is 2.45 bits per heavy atom. The molecule has 0 aromatic heterocycles. The molecule has 2 N–H and O–H groups in total. The smallest absolute Gasteiger partial charge is 0.410 e. The van der Waals surface area contributed by atoms with Crippen LogP contribution in [0, 0.1) is 5.92 Å². The minimum absolute atomic E-state index is 0. The number of carbonyl (C=O) groups excluding carboxylic acids is 1. The maximum atomic E-state index is 12.3. The number of amides is 1. The van der Waals surface area contributed by atoms with Crippen LogP contribution >= 0.6 is 24.0 Å². The number of rotatable bonds is 6. The van der Waals surface area contributed by atoms with E-state index in [4.69, 9.17) is 4.74 Å². The van der Waals surface area contributed by atoms with Gasteiger partial charge in [-0.2, -0.15) is 0 Å². The first-order valence-corrected chi connectivity index (χ1v) is 11.5. The number of nitrogens with zero attached hydrogens (tertiary/aromatic N) is 3. The van der Waals surface area contributed by atoms with Crippen LogP contribution in [0.15, 0.2) is 17.1 Å². The van der Waals surface area contributed by atoms with Crippen LogP contribution in [0.5, 0.6) is 0 Å². The molecule has 2 heterocycles. The van der Waals surface area contributed by atoms with E-state index in [0.29, 0.717) is 12.0 Å². The van der Waals surface area contributed by atoms with Crippen molar-refractivity contribution in [3.63, 3.8) is 0 Å². The number of ether oxygens (including phenoxy) is 1. The molecule has 1 amide bonds. The monoisotopic (exact) mass is 549 g/mol. The lowest BCUT2D eigenvalue weighted by molar-refractivity contribution is 0.0162. The lowest BCUT2D eigenvalue weighted by Gasteiger charge is -2.34. The Bertz CT molecular complexity index is 597. The number of piperidine rings is 2. The normalized spacial score (nSPS) is 21.3. The summed E-state index contributed by atoms with van der Waals surface area (Å²) in [5.74, 6) is 1.38. The van der Waals surface area contributed by atoms with Crippen LogP contribution in [0.1, 0.15) is 59.8 Å². The molecule has 31 heavy (non-hydrogen) atoms. The molecule has 0 aliphatic carbocycles. The lowest BCUT2D eigenvalue weighted by Crippen LogP contribution is -2.49. The van der Waals surface area contributed by atoms with Gasteiger partial charge < -0.3 is 20.3 Å². The summed E-state index contributed by atoms with van der Waals surface area (Å²) in [6.45, 7) is 17.5. The van der Waals surface area contributed by atoms with Crippen molar-refractivity contribution < 1.29 is 9.53 Å². The highest BCUT2D eigenvalue weighted by Crippen LogP contribution is 2.21. The third kappa shape index (κ3) is 10.9. The average molecular weight is 550 g/mol. The molecular formula is C23H44IN5O2. The Kier molecular flexibility index (Phi) is 12.2. The van der Waals surface area contributed by atoms with Crippen molar-refractivity contribution in [2.45, 2.75) is 71.4 Å². The molecule has 0 radical (unpaired) electrons. The summed E-state index contributed by atoms with van der Waals surface area (Å²) in [7, 11) is 1.83. The van der Waals surface area contributed by atoms with Crippen molar-refractivity contribution in [2.75, 3.05) is 46.3 Å². The van der Waals surface area contributed by atoms with Gasteiger partial charge >= 0.3 is 6.09 Å². The first-order chi connectivity index (χ1) is 14.2. The molecular weight excluding hydrogens is 505 g/mol. The van der Waals surface area contributed by atoms with Gasteiger partial charge in [0, 0.05) is 52.4 Å². The Labute approximate surface area is 206 Å². The summed E-state index contributed by atoms with van der Waals surface area (Å²) in [5.41, 5.74) is 0.788. The second-order valence-electron chi connectivity index (χ2n) is 9.87. The third-order valence-electron chi connectivity index (χ3n) is 5.66. The minimum Gasteiger partial charge on any atom is -0.444 e. The molecule has 0 aromatic carbocycles. The summed E-state index contributed by atoms with van der Waals surface area (Å²) in [6.07, 6.45) is 5.30. The van der Waals surface area contributed by atoms with Crippen LogP contribution in [0.25, 0.3) is 0 Å². The standard InChI is InChI=1S/C23H43N5O2.HI/c1-18(2)16-27-14-10-20(11-15-27)26-21(24-6)25-12-9-19-8-7-13-28(17-19)22(29)30-23(3,4)5;/h19-20H,1,7-17H2,2-6H3,(H2,24,25,26);1H. The highest BCUT2D eigenvalue weighted by Gasteiger charge is 2.27. The van der Waals surface area contributed by atoms with E-state index in [9.17, 15) is 4.79 Å². The van der Waals surface area contributed by atoms with Crippen LogP contribution in [-0.2, 0) is 4.74 Å². The molecule has 2 saturated heterocycles. The molecule has 0 bridgehead atoms. The fraction of sp³-hybridized carbons (Fsp3) is 0.826. The summed E-state index contributed by atoms with van der Waals surface area (Å²) in [5, 5.41) is 7.04. The van der Waals surface area contributed by atoms with Crippen molar-refractivity contribution >= 4 is 36.0 Å². The third-order valence-corrected chi connectivity index (χ3v) is 5.66. The highest BCUT2D eigenvalue weighted by molar-refractivity contribution is 14.0. The Morgan fingerprint density at radius 2 is 1.87 bits per heavy atom. The average Bonchev–Trinajstić information content (AvgIpc) is 2.67. The van der Waals surface area contributed by atoms with E-state index in [1.165, 1.54) is 5.57 Å². The number of halogens is 1. The summed E-state index contributed by atoms with van der Waals surface area (Å²) < 4.78 is 5.53. The molecule has 8 heteroatoms. The van der Waals surface area contributed by atoms with Gasteiger partial charge in [-0.3, -0.25) is 9.89 Å². The number of likely N-dealkylation sites (tertiary alicyclic amines) is 2. The molecule has 0 spiro atoms. The van der Waals surface area contributed by atoms with Crippen LogP contribution in [0.2, 0.25) is 0 Å². The maximum Gasteiger partial charge on any atom is 0.410 e. The van der Waals surface area contributed by atoms with Crippen molar-refractivity contribution in [1.29, 1.82) is 0 Å². The second kappa shape index (κ2) is 13.5. The number of guanidine groups is 1. The SMILES string of the molecule is C=C(C)CN1CCC(NC(=NC)NCCC2CCCN(C(=O)OC(C)(C)C)C2)CC1.I. The number of hydrogen-bond acceptors (Lipinski definition) is 4. The van der Waals surface area contributed by atoms with Crippen LogP contribution in [0.3, 0.4) is 0 Å². The fourth-order valence-corrected chi connectivity index (χ4v) is 4.19. The topological polar surface area (TPSA) is 69.2 Å². The first-order valence-electron chi connectivity index (χ1n) is 11.5. The second-order valence-corrected chi connectivity index (χ2v) is 9.87. The van der Waals surface area contributed by atoms with Gasteiger partial charge in [0.05, 0.1) is 0 Å². The summed E-state index contributed by atoms with van der Waals surface area (Å²) in [4.78, 5) is 21.1. The fourth-order valence-electron chi connectivity index (χ4n) is 4.19. The van der Waals surface area contributed by atoms with Crippen LogP contribution < -0.4 is 10.6 Å². The first kappa shape index (κ1) is 28.0. The van der Waals surface area contributed by atoms with Crippen LogP contribution in [0.4, 0.5) is 4.79 Å². The Balaban J connectivity index is 0.00000480. The van der Waals surface area contributed by atoms with E-state index in [2.05, 4.69) is 34.0 Å². The number of carbonyl (C=O) groups is 1. The van der Waals surface area contributed by atoms with Gasteiger partial charge in [-0.05, 0) is 65.7 Å².